The normalized spacial score (nSPS) is 20.0. The first kappa shape index (κ1) is 26.7. The van der Waals surface area contributed by atoms with Crippen molar-refractivity contribution in [2.24, 2.45) is 5.92 Å². The number of carbonyl (C=O) groups is 5. The molecule has 3 aliphatic rings. The van der Waals surface area contributed by atoms with Crippen LogP contribution in [0.5, 0.6) is 0 Å². The van der Waals surface area contributed by atoms with Crippen LogP contribution in [0.25, 0.3) is 11.1 Å². The standard InChI is InChI=1S/C30H34N4O5/c1-3-20(4-2)28(37)33-16-14-32(15-17-33)18-19-8-10-21(11-9-19)22-6-5-7-23-26(22)30(39)34(29(23)38)24-12-13-25(35)31-27(24)36/h5-11,20,24H,3-4,12-18H2,1-2H3,(H,31,35,36). The minimum Gasteiger partial charge on any atom is -0.340 e. The number of hydrogen-bond acceptors (Lipinski definition) is 6. The summed E-state index contributed by atoms with van der Waals surface area (Å²) in [6, 6.07) is 12.1. The molecule has 3 heterocycles. The molecular formula is C30H34N4O5. The van der Waals surface area contributed by atoms with Crippen LogP contribution in [0, 0.1) is 5.92 Å². The number of amides is 5. The molecule has 2 fully saturated rings. The molecule has 1 unspecified atom stereocenters. The number of hydrogen-bond donors (Lipinski definition) is 1. The number of carbonyl (C=O) groups excluding carboxylic acids is 5. The molecule has 9 nitrogen and oxygen atoms in total. The van der Waals surface area contributed by atoms with Crippen LogP contribution in [-0.4, -0.2) is 76.5 Å². The molecule has 1 N–H and O–H groups in total. The third-order valence-electron chi connectivity index (χ3n) is 8.16. The summed E-state index contributed by atoms with van der Waals surface area (Å²) in [6.45, 7) is 8.03. The summed E-state index contributed by atoms with van der Waals surface area (Å²) in [4.78, 5) is 68.5. The Kier molecular flexibility index (Phi) is 7.61. The molecule has 9 heteroatoms. The number of rotatable bonds is 7. The fraction of sp³-hybridized carbons (Fsp3) is 0.433. The van der Waals surface area contributed by atoms with Gasteiger partial charge in [-0.05, 0) is 42.0 Å². The Bertz CT molecular complexity index is 1310. The predicted molar refractivity (Wildman–Crippen MR) is 144 cm³/mol. The van der Waals surface area contributed by atoms with Gasteiger partial charge in [0.2, 0.25) is 17.7 Å². The maximum Gasteiger partial charge on any atom is 0.262 e. The summed E-state index contributed by atoms with van der Waals surface area (Å²) in [6.07, 6.45) is 1.96. The second-order valence-electron chi connectivity index (χ2n) is 10.5. The lowest BCUT2D eigenvalue weighted by Crippen LogP contribution is -2.54. The lowest BCUT2D eigenvalue weighted by Gasteiger charge is -2.36. The van der Waals surface area contributed by atoms with Crippen molar-refractivity contribution in [2.75, 3.05) is 26.2 Å². The van der Waals surface area contributed by atoms with Crippen molar-refractivity contribution in [1.29, 1.82) is 0 Å². The van der Waals surface area contributed by atoms with Gasteiger partial charge >= 0.3 is 0 Å². The number of nitrogens with one attached hydrogen (secondary N) is 1. The van der Waals surface area contributed by atoms with Gasteiger partial charge in [-0.3, -0.25) is 39.1 Å². The summed E-state index contributed by atoms with van der Waals surface area (Å²) < 4.78 is 0. The van der Waals surface area contributed by atoms with Crippen LogP contribution in [-0.2, 0) is 20.9 Å². The van der Waals surface area contributed by atoms with Gasteiger partial charge < -0.3 is 4.90 Å². The number of imide groups is 2. The molecule has 0 spiro atoms. The Balaban J connectivity index is 1.27. The monoisotopic (exact) mass is 530 g/mol. The highest BCUT2D eigenvalue weighted by molar-refractivity contribution is 6.25. The van der Waals surface area contributed by atoms with Crippen LogP contribution >= 0.6 is 0 Å². The van der Waals surface area contributed by atoms with Crippen molar-refractivity contribution in [1.82, 2.24) is 20.0 Å². The summed E-state index contributed by atoms with van der Waals surface area (Å²) in [7, 11) is 0. The fourth-order valence-electron chi connectivity index (χ4n) is 5.83. The topological polar surface area (TPSA) is 107 Å². The average molecular weight is 531 g/mol. The fourth-order valence-corrected chi connectivity index (χ4v) is 5.83. The molecular weight excluding hydrogens is 496 g/mol. The second-order valence-corrected chi connectivity index (χ2v) is 10.5. The molecule has 2 aromatic carbocycles. The number of piperidine rings is 1. The van der Waals surface area contributed by atoms with Gasteiger partial charge in [0.15, 0.2) is 0 Å². The lowest BCUT2D eigenvalue weighted by atomic mass is 9.96. The SMILES string of the molecule is CCC(CC)C(=O)N1CCN(Cc2ccc(-c3cccc4c3C(=O)N(C3CCC(=O)NC3=O)C4=O)cc2)CC1. The van der Waals surface area contributed by atoms with E-state index >= 15 is 0 Å². The molecule has 39 heavy (non-hydrogen) atoms. The number of benzene rings is 2. The van der Waals surface area contributed by atoms with Gasteiger partial charge in [0, 0.05) is 45.1 Å². The molecule has 2 aromatic rings. The molecule has 5 amide bonds. The van der Waals surface area contributed by atoms with Gasteiger partial charge in [0.1, 0.15) is 6.04 Å². The smallest absolute Gasteiger partial charge is 0.262 e. The molecule has 3 aliphatic heterocycles. The van der Waals surface area contributed by atoms with E-state index in [2.05, 4.69) is 24.1 Å². The van der Waals surface area contributed by atoms with Crippen LogP contribution in [0.3, 0.4) is 0 Å². The van der Waals surface area contributed by atoms with Gasteiger partial charge in [-0.1, -0.05) is 50.2 Å². The minimum atomic E-state index is -0.990. The lowest BCUT2D eigenvalue weighted by molar-refractivity contribution is -0.138. The first-order valence-electron chi connectivity index (χ1n) is 13.8. The van der Waals surface area contributed by atoms with E-state index in [-0.39, 0.29) is 30.2 Å². The van der Waals surface area contributed by atoms with E-state index in [9.17, 15) is 24.0 Å². The molecule has 0 bridgehead atoms. The zero-order valence-electron chi connectivity index (χ0n) is 22.4. The van der Waals surface area contributed by atoms with Gasteiger partial charge in [0.25, 0.3) is 11.8 Å². The summed E-state index contributed by atoms with van der Waals surface area (Å²) in [5.41, 5.74) is 3.13. The van der Waals surface area contributed by atoms with Crippen molar-refractivity contribution in [3.63, 3.8) is 0 Å². The van der Waals surface area contributed by atoms with E-state index in [0.717, 1.165) is 61.6 Å². The van der Waals surface area contributed by atoms with Crippen LogP contribution in [0.15, 0.2) is 42.5 Å². The van der Waals surface area contributed by atoms with Gasteiger partial charge in [0.05, 0.1) is 11.1 Å². The van der Waals surface area contributed by atoms with Crippen molar-refractivity contribution in [3.05, 3.63) is 59.2 Å². The maximum atomic E-state index is 13.4. The second kappa shape index (κ2) is 11.1. The molecule has 1 atom stereocenters. The molecule has 0 saturated carbocycles. The van der Waals surface area contributed by atoms with E-state index in [1.807, 2.05) is 35.2 Å². The Labute approximate surface area is 228 Å². The molecule has 0 aliphatic carbocycles. The largest absolute Gasteiger partial charge is 0.340 e. The molecule has 2 saturated heterocycles. The third kappa shape index (κ3) is 5.11. The van der Waals surface area contributed by atoms with Crippen molar-refractivity contribution < 1.29 is 24.0 Å². The van der Waals surface area contributed by atoms with E-state index in [1.54, 1.807) is 12.1 Å². The van der Waals surface area contributed by atoms with Crippen LogP contribution in [0.4, 0.5) is 0 Å². The summed E-state index contributed by atoms with van der Waals surface area (Å²) in [5, 5.41) is 2.23. The quantitative estimate of drug-likeness (QED) is 0.552. The maximum absolute atomic E-state index is 13.4. The zero-order chi connectivity index (χ0) is 27.7. The average Bonchev–Trinajstić information content (AvgIpc) is 3.20. The Morgan fingerprint density at radius 3 is 2.21 bits per heavy atom. The Morgan fingerprint density at radius 2 is 1.56 bits per heavy atom. The van der Waals surface area contributed by atoms with Gasteiger partial charge in [-0.15, -0.1) is 0 Å². The van der Waals surface area contributed by atoms with Crippen LogP contribution in [0.1, 0.15) is 65.8 Å². The van der Waals surface area contributed by atoms with E-state index in [4.69, 9.17) is 0 Å². The first-order valence-corrected chi connectivity index (χ1v) is 13.8. The van der Waals surface area contributed by atoms with Crippen LogP contribution in [0.2, 0.25) is 0 Å². The van der Waals surface area contributed by atoms with Crippen molar-refractivity contribution in [3.8, 4) is 11.1 Å². The minimum absolute atomic E-state index is 0.0848. The van der Waals surface area contributed by atoms with Crippen molar-refractivity contribution in [2.45, 2.75) is 52.1 Å². The molecule has 204 valence electrons. The molecule has 5 rings (SSSR count). The summed E-state index contributed by atoms with van der Waals surface area (Å²) in [5.74, 6) is -1.65. The highest BCUT2D eigenvalue weighted by atomic mass is 16.2. The number of piperazine rings is 1. The van der Waals surface area contributed by atoms with E-state index < -0.39 is 29.7 Å². The number of nitrogens with zero attached hydrogens (tertiary/aromatic N) is 3. The summed E-state index contributed by atoms with van der Waals surface area (Å²) >= 11 is 0. The Hall–Kier alpha value is -3.85. The Morgan fingerprint density at radius 1 is 0.897 bits per heavy atom. The van der Waals surface area contributed by atoms with Crippen molar-refractivity contribution >= 4 is 29.5 Å². The molecule has 0 radical (unpaired) electrons. The molecule has 0 aromatic heterocycles. The predicted octanol–water partition coefficient (Wildman–Crippen LogP) is 2.84. The van der Waals surface area contributed by atoms with Gasteiger partial charge in [-0.2, -0.15) is 0 Å². The first-order chi connectivity index (χ1) is 18.8. The highest BCUT2D eigenvalue weighted by Crippen LogP contribution is 2.35. The van der Waals surface area contributed by atoms with E-state index in [1.165, 1.54) is 0 Å². The zero-order valence-corrected chi connectivity index (χ0v) is 22.4. The third-order valence-corrected chi connectivity index (χ3v) is 8.16. The van der Waals surface area contributed by atoms with Crippen LogP contribution < -0.4 is 5.32 Å². The van der Waals surface area contributed by atoms with E-state index in [0.29, 0.717) is 11.1 Å². The van der Waals surface area contributed by atoms with Gasteiger partial charge in [-0.25, -0.2) is 0 Å². The number of fused-ring (bicyclic) bond motifs is 1. The highest BCUT2D eigenvalue weighted by Gasteiger charge is 2.45.